The van der Waals surface area contributed by atoms with E-state index in [4.69, 9.17) is 15.3 Å². The number of aliphatic hydroxyl groups excluding tert-OH is 2. The number of carboxylic acids is 1. The first-order chi connectivity index (χ1) is 4.70. The summed E-state index contributed by atoms with van der Waals surface area (Å²) in [4.78, 5) is 10.1. The molecular weight excluding hydrogens is 136 g/mol. The van der Waals surface area contributed by atoms with Gasteiger partial charge in [0.15, 0.2) is 0 Å². The predicted molar refractivity (Wildman–Crippen MR) is 34.5 cm³/mol. The average Bonchev–Trinajstić information content (AvgIpc) is 1.86. The maximum absolute atomic E-state index is 10.1. The van der Waals surface area contributed by atoms with E-state index in [9.17, 15) is 4.79 Å². The van der Waals surface area contributed by atoms with Crippen molar-refractivity contribution in [3.05, 3.63) is 0 Å². The molecule has 0 rings (SSSR count). The molecule has 3 N–H and O–H groups in total. The van der Waals surface area contributed by atoms with E-state index in [1.165, 1.54) is 0 Å². The van der Waals surface area contributed by atoms with Crippen molar-refractivity contribution in [1.82, 2.24) is 0 Å². The molecule has 1 unspecified atom stereocenters. The number of carboxylic acid groups (broad SMARTS) is 1. The van der Waals surface area contributed by atoms with E-state index in [0.717, 1.165) is 0 Å². The number of carbonyl (C=O) groups is 1. The smallest absolute Gasteiger partial charge is 0.303 e. The molecule has 1 atom stereocenters. The molecule has 0 aromatic rings. The molecule has 0 aliphatic heterocycles. The fourth-order valence-corrected chi connectivity index (χ4v) is 0.687. The highest BCUT2D eigenvalue weighted by atomic mass is 16.4. The first-order valence-corrected chi connectivity index (χ1v) is 3.14. The lowest BCUT2D eigenvalue weighted by atomic mass is 10.0. The highest BCUT2D eigenvalue weighted by Crippen LogP contribution is 2.05. The zero-order valence-corrected chi connectivity index (χ0v) is 5.66. The minimum Gasteiger partial charge on any atom is -0.481 e. The predicted octanol–water partition coefficient (Wildman–Crippen LogP) is -0.548. The second-order valence-electron chi connectivity index (χ2n) is 2.16. The summed E-state index contributed by atoms with van der Waals surface area (Å²) in [5, 5.41) is 25.2. The fraction of sp³-hybridized carbons (Fsp3) is 0.833. The molecule has 0 heterocycles. The topological polar surface area (TPSA) is 77.8 Å². The van der Waals surface area contributed by atoms with Gasteiger partial charge in [0.2, 0.25) is 0 Å². The van der Waals surface area contributed by atoms with Crippen molar-refractivity contribution < 1.29 is 20.1 Å². The zero-order chi connectivity index (χ0) is 7.98. The fourth-order valence-electron chi connectivity index (χ4n) is 0.687. The molecule has 60 valence electrons. The highest BCUT2D eigenvalue weighted by molar-refractivity contribution is 5.66. The standard InChI is InChI=1S/C6H12O4/c7-2-1-5(4-8)3-6(9)10/h5,7-8H,1-4H2,(H,9,10). The van der Waals surface area contributed by atoms with E-state index in [2.05, 4.69) is 0 Å². The summed E-state index contributed by atoms with van der Waals surface area (Å²) in [7, 11) is 0. The summed E-state index contributed by atoms with van der Waals surface area (Å²) in [6, 6.07) is 0. The molecule has 0 saturated heterocycles. The number of hydrogen-bond acceptors (Lipinski definition) is 3. The van der Waals surface area contributed by atoms with Crippen LogP contribution in [0.4, 0.5) is 0 Å². The molecule has 4 nitrogen and oxygen atoms in total. The Morgan fingerprint density at radius 1 is 1.40 bits per heavy atom. The van der Waals surface area contributed by atoms with Crippen LogP contribution in [0.3, 0.4) is 0 Å². The normalized spacial score (nSPS) is 13.0. The Hall–Kier alpha value is -0.610. The second kappa shape index (κ2) is 5.20. The third kappa shape index (κ3) is 4.29. The summed E-state index contributed by atoms with van der Waals surface area (Å²) in [5.74, 6) is -1.24. The SMILES string of the molecule is O=C(O)CC(CO)CCO. The van der Waals surface area contributed by atoms with Crippen molar-refractivity contribution in [2.24, 2.45) is 5.92 Å². The second-order valence-corrected chi connectivity index (χ2v) is 2.16. The van der Waals surface area contributed by atoms with E-state index in [0.29, 0.717) is 6.42 Å². The summed E-state index contributed by atoms with van der Waals surface area (Å²) in [6.45, 7) is -0.245. The van der Waals surface area contributed by atoms with Gasteiger partial charge in [0.1, 0.15) is 0 Å². The maximum Gasteiger partial charge on any atom is 0.303 e. The van der Waals surface area contributed by atoms with Crippen molar-refractivity contribution in [2.45, 2.75) is 12.8 Å². The summed E-state index contributed by atoms with van der Waals surface area (Å²) in [5.41, 5.74) is 0. The molecule has 0 aliphatic rings. The number of aliphatic carboxylic acids is 1. The van der Waals surface area contributed by atoms with Crippen LogP contribution in [-0.4, -0.2) is 34.5 Å². The lowest BCUT2D eigenvalue weighted by molar-refractivity contribution is -0.138. The van der Waals surface area contributed by atoms with Crippen LogP contribution in [0.5, 0.6) is 0 Å². The molecule has 0 aliphatic carbocycles. The molecule has 0 amide bonds. The first-order valence-electron chi connectivity index (χ1n) is 3.14. The van der Waals surface area contributed by atoms with Crippen molar-refractivity contribution in [3.63, 3.8) is 0 Å². The van der Waals surface area contributed by atoms with Crippen LogP contribution in [0.1, 0.15) is 12.8 Å². The van der Waals surface area contributed by atoms with E-state index < -0.39 is 5.97 Å². The first kappa shape index (κ1) is 9.39. The maximum atomic E-state index is 10.1. The zero-order valence-electron chi connectivity index (χ0n) is 5.66. The van der Waals surface area contributed by atoms with Crippen LogP contribution in [-0.2, 0) is 4.79 Å². The molecule has 4 heteroatoms. The summed E-state index contributed by atoms with van der Waals surface area (Å²) >= 11 is 0. The van der Waals surface area contributed by atoms with Gasteiger partial charge in [-0.25, -0.2) is 0 Å². The quantitative estimate of drug-likeness (QED) is 0.489. The molecular formula is C6H12O4. The van der Waals surface area contributed by atoms with Gasteiger partial charge in [0, 0.05) is 13.2 Å². The van der Waals surface area contributed by atoms with Crippen molar-refractivity contribution in [3.8, 4) is 0 Å². The molecule has 0 spiro atoms. The third-order valence-electron chi connectivity index (χ3n) is 1.26. The number of rotatable bonds is 5. The minimum atomic E-state index is -0.937. The van der Waals surface area contributed by atoms with E-state index in [-0.39, 0.29) is 25.6 Å². The van der Waals surface area contributed by atoms with Gasteiger partial charge in [-0.15, -0.1) is 0 Å². The molecule has 0 aromatic carbocycles. The van der Waals surface area contributed by atoms with E-state index in [1.807, 2.05) is 0 Å². The van der Waals surface area contributed by atoms with Gasteiger partial charge in [0.25, 0.3) is 0 Å². The van der Waals surface area contributed by atoms with Gasteiger partial charge in [-0.2, -0.15) is 0 Å². The lowest BCUT2D eigenvalue weighted by Crippen LogP contribution is -2.13. The molecule has 0 aromatic heterocycles. The Kier molecular flexibility index (Phi) is 4.88. The Morgan fingerprint density at radius 2 is 2.00 bits per heavy atom. The van der Waals surface area contributed by atoms with E-state index >= 15 is 0 Å². The van der Waals surface area contributed by atoms with Crippen LogP contribution < -0.4 is 0 Å². The molecule has 0 radical (unpaired) electrons. The van der Waals surface area contributed by atoms with Crippen LogP contribution >= 0.6 is 0 Å². The van der Waals surface area contributed by atoms with Crippen LogP contribution in [0, 0.1) is 5.92 Å². The Bertz CT molecular complexity index is 102. The minimum absolute atomic E-state index is 0.0709. The van der Waals surface area contributed by atoms with Crippen LogP contribution in [0.15, 0.2) is 0 Å². The Labute approximate surface area is 59.1 Å². The van der Waals surface area contributed by atoms with Gasteiger partial charge in [-0.1, -0.05) is 0 Å². The third-order valence-corrected chi connectivity index (χ3v) is 1.26. The van der Waals surface area contributed by atoms with Gasteiger partial charge in [-0.05, 0) is 12.3 Å². The Morgan fingerprint density at radius 3 is 2.30 bits per heavy atom. The number of hydrogen-bond donors (Lipinski definition) is 3. The monoisotopic (exact) mass is 148 g/mol. The summed E-state index contributed by atoms with van der Waals surface area (Å²) in [6.07, 6.45) is 0.278. The van der Waals surface area contributed by atoms with Gasteiger partial charge in [-0.3, -0.25) is 4.79 Å². The highest BCUT2D eigenvalue weighted by Gasteiger charge is 2.10. The molecule has 0 fully saturated rings. The largest absolute Gasteiger partial charge is 0.481 e. The average molecular weight is 148 g/mol. The van der Waals surface area contributed by atoms with Crippen molar-refractivity contribution in [1.29, 1.82) is 0 Å². The van der Waals surface area contributed by atoms with Gasteiger partial charge < -0.3 is 15.3 Å². The van der Waals surface area contributed by atoms with Gasteiger partial charge >= 0.3 is 5.97 Å². The molecule has 0 saturated carbocycles. The van der Waals surface area contributed by atoms with Gasteiger partial charge in [0.05, 0.1) is 6.42 Å². The van der Waals surface area contributed by atoms with Crippen molar-refractivity contribution >= 4 is 5.97 Å². The lowest BCUT2D eigenvalue weighted by Gasteiger charge is -2.07. The Balaban J connectivity index is 3.49. The molecule has 0 bridgehead atoms. The van der Waals surface area contributed by atoms with Crippen LogP contribution in [0.2, 0.25) is 0 Å². The van der Waals surface area contributed by atoms with Crippen molar-refractivity contribution in [2.75, 3.05) is 13.2 Å². The summed E-state index contributed by atoms with van der Waals surface area (Å²) < 4.78 is 0. The molecule has 10 heavy (non-hydrogen) atoms. The number of aliphatic hydroxyl groups is 2. The van der Waals surface area contributed by atoms with Crippen LogP contribution in [0.25, 0.3) is 0 Å². The van der Waals surface area contributed by atoms with E-state index in [1.54, 1.807) is 0 Å².